The van der Waals surface area contributed by atoms with Crippen LogP contribution in [0.3, 0.4) is 0 Å². The van der Waals surface area contributed by atoms with Gasteiger partial charge in [0.2, 0.25) is 0 Å². The Kier molecular flexibility index (Phi) is 4.46. The minimum atomic E-state index is -0.228. The molecule has 1 aromatic heterocycles. The number of aliphatic hydroxyl groups excluding tert-OH is 1. The number of aliphatic hydroxyl groups is 1. The Hall–Kier alpha value is -0.800. The van der Waals surface area contributed by atoms with Crippen molar-refractivity contribution in [3.8, 4) is 0 Å². The van der Waals surface area contributed by atoms with E-state index in [4.69, 9.17) is 0 Å². The van der Waals surface area contributed by atoms with Gasteiger partial charge in [-0.25, -0.2) is 0 Å². The van der Waals surface area contributed by atoms with Crippen molar-refractivity contribution >= 4 is 0 Å². The summed E-state index contributed by atoms with van der Waals surface area (Å²) < 4.78 is 2.34. The molecule has 2 rings (SSSR count). The third-order valence-corrected chi connectivity index (χ3v) is 4.16. The second-order valence-corrected chi connectivity index (χ2v) is 5.75. The fourth-order valence-electron chi connectivity index (χ4n) is 2.69. The molecule has 1 unspecified atom stereocenters. The van der Waals surface area contributed by atoms with E-state index in [1.165, 1.54) is 17.7 Å². The van der Waals surface area contributed by atoms with Crippen LogP contribution in [-0.2, 0) is 13.0 Å². The molecule has 3 nitrogen and oxygen atoms in total. The first-order chi connectivity index (χ1) is 8.59. The fraction of sp³-hybridized carbons (Fsp3) is 0.733. The van der Waals surface area contributed by atoms with Crippen molar-refractivity contribution in [1.82, 2.24) is 9.47 Å². The van der Waals surface area contributed by atoms with Crippen molar-refractivity contribution < 1.29 is 5.11 Å². The van der Waals surface area contributed by atoms with Crippen molar-refractivity contribution in [1.29, 1.82) is 0 Å². The molecule has 0 saturated heterocycles. The molecule has 0 spiro atoms. The van der Waals surface area contributed by atoms with Gasteiger partial charge in [-0.15, -0.1) is 0 Å². The lowest BCUT2D eigenvalue weighted by Gasteiger charge is -2.22. The van der Waals surface area contributed by atoms with E-state index in [0.717, 1.165) is 32.4 Å². The Balaban J connectivity index is 1.91. The van der Waals surface area contributed by atoms with Crippen LogP contribution < -0.4 is 0 Å². The lowest BCUT2D eigenvalue weighted by Crippen LogP contribution is -2.28. The van der Waals surface area contributed by atoms with Crippen molar-refractivity contribution in [3.05, 3.63) is 23.5 Å². The Morgan fingerprint density at radius 1 is 1.50 bits per heavy atom. The van der Waals surface area contributed by atoms with Gasteiger partial charge in [-0.3, -0.25) is 0 Å². The van der Waals surface area contributed by atoms with E-state index in [0.29, 0.717) is 6.04 Å². The number of hydrogen-bond donors (Lipinski definition) is 1. The van der Waals surface area contributed by atoms with Gasteiger partial charge < -0.3 is 14.6 Å². The maximum absolute atomic E-state index is 9.94. The molecule has 0 aliphatic heterocycles. The van der Waals surface area contributed by atoms with Gasteiger partial charge in [0.25, 0.3) is 0 Å². The zero-order chi connectivity index (χ0) is 13.1. The van der Waals surface area contributed by atoms with Crippen LogP contribution in [0.25, 0.3) is 0 Å². The monoisotopic (exact) mass is 250 g/mol. The Morgan fingerprint density at radius 3 is 3.00 bits per heavy atom. The molecule has 18 heavy (non-hydrogen) atoms. The largest absolute Gasteiger partial charge is 0.388 e. The van der Waals surface area contributed by atoms with Crippen molar-refractivity contribution in [3.63, 3.8) is 0 Å². The second kappa shape index (κ2) is 5.89. The van der Waals surface area contributed by atoms with Crippen LogP contribution in [0.5, 0.6) is 0 Å². The number of fused-ring (bicyclic) bond motifs is 1. The summed E-state index contributed by atoms with van der Waals surface area (Å²) in [4.78, 5) is 2.38. The van der Waals surface area contributed by atoms with Crippen molar-refractivity contribution in [2.75, 3.05) is 13.6 Å². The van der Waals surface area contributed by atoms with E-state index in [1.54, 1.807) is 0 Å². The minimum Gasteiger partial charge on any atom is -0.388 e. The Bertz CT molecular complexity index is 384. The summed E-state index contributed by atoms with van der Waals surface area (Å²) in [5.41, 5.74) is 2.53. The van der Waals surface area contributed by atoms with Crippen molar-refractivity contribution in [2.24, 2.45) is 0 Å². The van der Waals surface area contributed by atoms with E-state index in [1.807, 2.05) is 0 Å². The van der Waals surface area contributed by atoms with Crippen LogP contribution in [0.4, 0.5) is 0 Å². The van der Waals surface area contributed by atoms with Crippen LogP contribution in [-0.4, -0.2) is 34.2 Å². The predicted molar refractivity (Wildman–Crippen MR) is 74.7 cm³/mol. The highest BCUT2D eigenvalue weighted by atomic mass is 16.3. The van der Waals surface area contributed by atoms with Crippen LogP contribution in [0, 0.1) is 0 Å². The molecule has 0 saturated carbocycles. The van der Waals surface area contributed by atoms with Crippen molar-refractivity contribution in [2.45, 2.75) is 58.2 Å². The molecule has 1 N–H and O–H groups in total. The van der Waals surface area contributed by atoms with E-state index in [-0.39, 0.29) is 6.10 Å². The maximum atomic E-state index is 9.94. The number of aryl methyl sites for hydroxylation is 1. The molecule has 1 aliphatic rings. The minimum absolute atomic E-state index is 0.228. The van der Waals surface area contributed by atoms with Gasteiger partial charge >= 0.3 is 0 Å². The first-order valence-electron chi connectivity index (χ1n) is 7.16. The Labute approximate surface area is 110 Å². The van der Waals surface area contributed by atoms with Gasteiger partial charge in [0.1, 0.15) is 0 Å². The quantitative estimate of drug-likeness (QED) is 0.870. The van der Waals surface area contributed by atoms with E-state index >= 15 is 0 Å². The number of aromatic nitrogens is 1. The second-order valence-electron chi connectivity index (χ2n) is 5.75. The molecule has 0 radical (unpaired) electrons. The average molecular weight is 250 g/mol. The number of rotatable bonds is 5. The molecule has 0 fully saturated rings. The van der Waals surface area contributed by atoms with Gasteiger partial charge in [0.05, 0.1) is 6.10 Å². The summed E-state index contributed by atoms with van der Waals surface area (Å²) in [7, 11) is 2.18. The van der Waals surface area contributed by atoms with Gasteiger partial charge in [-0.1, -0.05) is 0 Å². The Morgan fingerprint density at radius 2 is 2.28 bits per heavy atom. The zero-order valence-corrected chi connectivity index (χ0v) is 11.9. The van der Waals surface area contributed by atoms with Gasteiger partial charge in [0, 0.05) is 30.0 Å². The maximum Gasteiger partial charge on any atom is 0.0807 e. The summed E-state index contributed by atoms with van der Waals surface area (Å²) in [6, 6.07) is 2.72. The fourth-order valence-corrected chi connectivity index (χ4v) is 2.69. The van der Waals surface area contributed by atoms with E-state index in [2.05, 4.69) is 42.6 Å². The molecule has 102 valence electrons. The first-order valence-corrected chi connectivity index (χ1v) is 7.16. The molecule has 0 bridgehead atoms. The lowest BCUT2D eigenvalue weighted by atomic mass is 9.95. The molecule has 0 aromatic carbocycles. The van der Waals surface area contributed by atoms with Crippen LogP contribution in [0.2, 0.25) is 0 Å². The summed E-state index contributed by atoms with van der Waals surface area (Å²) >= 11 is 0. The van der Waals surface area contributed by atoms with Crippen LogP contribution in [0.1, 0.15) is 50.5 Å². The highest BCUT2D eigenvalue weighted by molar-refractivity contribution is 5.27. The molecule has 1 aliphatic carbocycles. The molecule has 1 heterocycles. The van der Waals surface area contributed by atoms with Gasteiger partial charge in [-0.05, 0) is 59.2 Å². The lowest BCUT2D eigenvalue weighted by molar-refractivity contribution is 0.155. The molecule has 1 aromatic rings. The SMILES string of the molecule is CC(C)N(C)CCCn1ccc2c1CCCC2O. The molecule has 1 atom stereocenters. The number of nitrogens with zero attached hydrogens (tertiary/aromatic N) is 2. The smallest absolute Gasteiger partial charge is 0.0807 e. The number of hydrogen-bond acceptors (Lipinski definition) is 2. The highest BCUT2D eigenvalue weighted by Crippen LogP contribution is 2.30. The van der Waals surface area contributed by atoms with Crippen LogP contribution >= 0.6 is 0 Å². The predicted octanol–water partition coefficient (Wildman–Crippen LogP) is 2.59. The normalized spacial score (nSPS) is 19.6. The van der Waals surface area contributed by atoms with Crippen LogP contribution in [0.15, 0.2) is 12.3 Å². The summed E-state index contributed by atoms with van der Waals surface area (Å²) in [6.45, 7) is 6.66. The summed E-state index contributed by atoms with van der Waals surface area (Å²) in [5, 5.41) is 9.94. The summed E-state index contributed by atoms with van der Waals surface area (Å²) in [5.74, 6) is 0. The molecule has 0 amide bonds. The highest BCUT2D eigenvalue weighted by Gasteiger charge is 2.20. The van der Waals surface area contributed by atoms with Gasteiger partial charge in [0.15, 0.2) is 0 Å². The first kappa shape index (κ1) is 13.6. The molecular formula is C15H26N2O. The molecule has 3 heteroatoms. The summed E-state index contributed by atoms with van der Waals surface area (Å²) in [6.07, 6.45) is 6.25. The third kappa shape index (κ3) is 2.96. The zero-order valence-electron chi connectivity index (χ0n) is 11.9. The third-order valence-electron chi connectivity index (χ3n) is 4.16. The average Bonchev–Trinajstić information content (AvgIpc) is 2.74. The standard InChI is InChI=1S/C15H26N2O/c1-12(2)16(3)9-5-10-17-11-8-13-14(17)6-4-7-15(13)18/h8,11-12,15,18H,4-7,9-10H2,1-3H3. The molecular weight excluding hydrogens is 224 g/mol. The topological polar surface area (TPSA) is 28.4 Å². The van der Waals surface area contributed by atoms with E-state index < -0.39 is 0 Å². The van der Waals surface area contributed by atoms with E-state index in [9.17, 15) is 5.11 Å². The van der Waals surface area contributed by atoms with Gasteiger partial charge in [-0.2, -0.15) is 0 Å².